The molecule has 2 saturated heterocycles. The summed E-state index contributed by atoms with van der Waals surface area (Å²) in [6.07, 6.45) is -6.43. The summed E-state index contributed by atoms with van der Waals surface area (Å²) in [7, 11) is 1.32. The van der Waals surface area contributed by atoms with E-state index in [1.165, 1.54) is 7.11 Å². The van der Waals surface area contributed by atoms with Crippen molar-refractivity contribution in [1.82, 2.24) is 0 Å². The Hall–Kier alpha value is -0.990. The second-order valence-corrected chi connectivity index (χ2v) is 6.97. The van der Waals surface area contributed by atoms with Crippen molar-refractivity contribution in [2.24, 2.45) is 5.92 Å². The van der Waals surface area contributed by atoms with Gasteiger partial charge in [0.1, 0.15) is 17.3 Å². The molecule has 24 heavy (non-hydrogen) atoms. The third kappa shape index (κ3) is 2.78. The predicted molar refractivity (Wildman–Crippen MR) is 75.2 cm³/mol. The smallest absolute Gasteiger partial charge is 0.373 e. The van der Waals surface area contributed by atoms with Gasteiger partial charge in [-0.2, -0.15) is 13.2 Å². The Morgan fingerprint density at radius 1 is 1.46 bits per heavy atom. The number of epoxide rings is 2. The highest BCUT2D eigenvalue weighted by Gasteiger charge is 2.73. The molecular formula is C16H20F4O4. The van der Waals surface area contributed by atoms with Gasteiger partial charge in [-0.15, -0.1) is 0 Å². The number of Topliss-reactive ketones (excluding diaryl/α,β-unsaturated/α-hetero) is 1. The van der Waals surface area contributed by atoms with E-state index in [1.807, 2.05) is 0 Å². The number of methoxy groups -OCH3 is 1. The fraction of sp³-hybridized carbons (Fsp3) is 0.812. The summed E-state index contributed by atoms with van der Waals surface area (Å²) >= 11 is 0. The summed E-state index contributed by atoms with van der Waals surface area (Å²) in [6, 6.07) is 0. The molecule has 0 N–H and O–H groups in total. The predicted octanol–water partition coefficient (Wildman–Crippen LogP) is 2.75. The molecule has 2 aliphatic heterocycles. The van der Waals surface area contributed by atoms with E-state index in [0.717, 1.165) is 13.0 Å². The third-order valence-electron chi connectivity index (χ3n) is 5.43. The Morgan fingerprint density at radius 2 is 2.08 bits per heavy atom. The van der Waals surface area contributed by atoms with Gasteiger partial charge < -0.3 is 14.2 Å². The molecular weight excluding hydrogens is 332 g/mol. The molecule has 0 aromatic rings. The van der Waals surface area contributed by atoms with Crippen LogP contribution in [0.3, 0.4) is 0 Å². The molecule has 3 fully saturated rings. The fourth-order valence-corrected chi connectivity index (χ4v) is 3.84. The fourth-order valence-electron chi connectivity index (χ4n) is 3.84. The number of ketones is 1. The number of ether oxygens (including phenoxy) is 3. The Balaban J connectivity index is 1.77. The zero-order valence-corrected chi connectivity index (χ0v) is 13.7. The number of carbonyl (C=O) groups excluding carboxylic acids is 1. The lowest BCUT2D eigenvalue weighted by Gasteiger charge is -2.38. The molecule has 3 rings (SSSR count). The number of hydrogen-bond donors (Lipinski definition) is 0. The highest BCUT2D eigenvalue weighted by atomic mass is 19.4. The summed E-state index contributed by atoms with van der Waals surface area (Å²) in [5, 5.41) is 0. The van der Waals surface area contributed by atoms with Crippen LogP contribution in [-0.4, -0.2) is 55.3 Å². The molecule has 3 aliphatic rings. The van der Waals surface area contributed by atoms with Gasteiger partial charge in [0, 0.05) is 19.1 Å². The number of hydrogen-bond acceptors (Lipinski definition) is 4. The molecule has 0 bridgehead atoms. The number of rotatable bonds is 4. The minimum absolute atomic E-state index is 0.0561. The van der Waals surface area contributed by atoms with E-state index in [-0.39, 0.29) is 12.8 Å². The highest BCUT2D eigenvalue weighted by molar-refractivity contribution is 5.89. The van der Waals surface area contributed by atoms with Crippen LogP contribution in [0.5, 0.6) is 0 Å². The molecule has 0 amide bonds. The minimum Gasteiger partial charge on any atom is -0.373 e. The lowest BCUT2D eigenvalue weighted by molar-refractivity contribution is -0.150. The minimum atomic E-state index is -4.37. The molecule has 0 aromatic heterocycles. The van der Waals surface area contributed by atoms with Crippen molar-refractivity contribution in [2.75, 3.05) is 13.7 Å². The molecule has 8 heteroatoms. The second kappa shape index (κ2) is 5.51. The summed E-state index contributed by atoms with van der Waals surface area (Å²) in [5.41, 5.74) is -2.38. The van der Waals surface area contributed by atoms with Crippen LogP contribution < -0.4 is 0 Å². The average Bonchev–Trinajstić information content (AvgIpc) is 3.38. The van der Waals surface area contributed by atoms with Gasteiger partial charge in [0.25, 0.3) is 0 Å². The Kier molecular flexibility index (Phi) is 4.09. The molecule has 1 saturated carbocycles. The zero-order valence-electron chi connectivity index (χ0n) is 13.7. The number of alkyl halides is 4. The SMILES string of the molecule is CO[C@@H]1C(=O)[C@H](F)C[C@]2(CO2)[C@H]1C1(C)O[C@@H]1C/C=C(\C)C(F)(F)F. The maximum absolute atomic E-state index is 13.9. The van der Waals surface area contributed by atoms with Crippen LogP contribution in [0.15, 0.2) is 11.6 Å². The van der Waals surface area contributed by atoms with E-state index < -0.39 is 53.0 Å². The van der Waals surface area contributed by atoms with E-state index >= 15 is 0 Å². The number of carbonyl (C=O) groups is 1. The largest absolute Gasteiger partial charge is 0.412 e. The van der Waals surface area contributed by atoms with Crippen LogP contribution in [0.25, 0.3) is 0 Å². The number of allylic oxidation sites excluding steroid dienone is 1. The van der Waals surface area contributed by atoms with Gasteiger partial charge in [0.2, 0.25) is 0 Å². The van der Waals surface area contributed by atoms with Crippen molar-refractivity contribution in [3.8, 4) is 0 Å². The van der Waals surface area contributed by atoms with E-state index in [0.29, 0.717) is 6.61 Å². The van der Waals surface area contributed by atoms with Gasteiger partial charge in [0.15, 0.2) is 12.0 Å². The van der Waals surface area contributed by atoms with Crippen molar-refractivity contribution in [2.45, 2.75) is 62.4 Å². The van der Waals surface area contributed by atoms with Crippen molar-refractivity contribution in [3.05, 3.63) is 11.6 Å². The van der Waals surface area contributed by atoms with Crippen LogP contribution in [0.4, 0.5) is 17.6 Å². The molecule has 0 aromatic carbocycles. The summed E-state index contributed by atoms with van der Waals surface area (Å²) in [5.74, 6) is -1.18. The topological polar surface area (TPSA) is 51.4 Å². The first kappa shape index (κ1) is 17.8. The van der Waals surface area contributed by atoms with Gasteiger partial charge in [-0.1, -0.05) is 6.08 Å². The lowest BCUT2D eigenvalue weighted by atomic mass is 9.68. The molecule has 4 nitrogen and oxygen atoms in total. The van der Waals surface area contributed by atoms with Gasteiger partial charge in [-0.05, 0) is 20.3 Å². The first-order chi connectivity index (χ1) is 11.0. The molecule has 136 valence electrons. The van der Waals surface area contributed by atoms with Crippen LogP contribution in [0, 0.1) is 5.92 Å². The molecule has 1 aliphatic carbocycles. The maximum Gasteiger partial charge on any atom is 0.412 e. The first-order valence-corrected chi connectivity index (χ1v) is 7.81. The normalized spacial score (nSPS) is 45.6. The first-order valence-electron chi connectivity index (χ1n) is 7.81. The van der Waals surface area contributed by atoms with Crippen molar-refractivity contribution in [1.29, 1.82) is 0 Å². The number of halogens is 4. The third-order valence-corrected chi connectivity index (χ3v) is 5.43. The summed E-state index contributed by atoms with van der Waals surface area (Å²) in [4.78, 5) is 12.1. The van der Waals surface area contributed by atoms with Crippen molar-refractivity contribution >= 4 is 5.78 Å². The van der Waals surface area contributed by atoms with Gasteiger partial charge >= 0.3 is 6.18 Å². The van der Waals surface area contributed by atoms with Crippen LogP contribution in [-0.2, 0) is 19.0 Å². The van der Waals surface area contributed by atoms with Crippen molar-refractivity contribution in [3.63, 3.8) is 0 Å². The quantitative estimate of drug-likeness (QED) is 0.444. The summed E-state index contributed by atoms with van der Waals surface area (Å²) < 4.78 is 68.0. The highest BCUT2D eigenvalue weighted by Crippen LogP contribution is 2.59. The zero-order chi connectivity index (χ0) is 17.9. The van der Waals surface area contributed by atoms with Gasteiger partial charge in [-0.3, -0.25) is 4.79 Å². The van der Waals surface area contributed by atoms with Crippen LogP contribution in [0.1, 0.15) is 26.7 Å². The summed E-state index contributed by atoms with van der Waals surface area (Å²) in [6.45, 7) is 3.02. The van der Waals surface area contributed by atoms with Gasteiger partial charge in [0.05, 0.1) is 18.6 Å². The molecule has 0 radical (unpaired) electrons. The second-order valence-electron chi connectivity index (χ2n) is 6.97. The van der Waals surface area contributed by atoms with E-state index in [4.69, 9.17) is 14.2 Å². The molecule has 1 unspecified atom stereocenters. The van der Waals surface area contributed by atoms with Crippen LogP contribution in [0.2, 0.25) is 0 Å². The van der Waals surface area contributed by atoms with E-state index in [1.54, 1.807) is 6.92 Å². The maximum atomic E-state index is 13.9. The van der Waals surface area contributed by atoms with Crippen molar-refractivity contribution < 1.29 is 36.6 Å². The Morgan fingerprint density at radius 3 is 2.58 bits per heavy atom. The van der Waals surface area contributed by atoms with E-state index in [9.17, 15) is 22.4 Å². The Labute approximate surface area is 137 Å². The average molecular weight is 352 g/mol. The Bertz CT molecular complexity index is 569. The standard InChI is InChI=1S/C16H20F4O4/c1-8(16(18,19)20)4-5-10-14(2,24-10)13-12(22-3)11(21)9(17)6-15(13)7-23-15/h4,9-10,12-13H,5-7H2,1-3H3/b8-4+/t9-,10-,12-,13-,14?,15+/m1/s1. The molecule has 1 spiro atoms. The molecule has 2 heterocycles. The molecule has 6 atom stereocenters. The van der Waals surface area contributed by atoms with Crippen LogP contribution >= 0.6 is 0 Å². The lowest BCUT2D eigenvalue weighted by Crippen LogP contribution is -2.56. The van der Waals surface area contributed by atoms with Gasteiger partial charge in [-0.25, -0.2) is 4.39 Å². The van der Waals surface area contributed by atoms with E-state index in [2.05, 4.69) is 0 Å². The monoisotopic (exact) mass is 352 g/mol.